The number of carbonyl (C=O) groups excluding carboxylic acids is 2. The lowest BCUT2D eigenvalue weighted by Crippen LogP contribution is -2.15. The Morgan fingerprint density at radius 3 is 2.65 bits per heavy atom. The maximum Gasteiger partial charge on any atom is 0.213 e. The molecular weight excluding hydrogens is 312 g/mol. The van der Waals surface area contributed by atoms with Crippen LogP contribution in [0.25, 0.3) is 10.2 Å². The number of carbonyl (C=O) groups is 2. The van der Waals surface area contributed by atoms with E-state index in [1.165, 1.54) is 22.3 Å². The molecule has 0 N–H and O–H groups in total. The van der Waals surface area contributed by atoms with Crippen molar-refractivity contribution in [3.05, 3.63) is 63.8 Å². The minimum atomic E-state index is -0.0542. The third-order valence-corrected chi connectivity index (χ3v) is 4.57. The maximum atomic E-state index is 12.4. The molecule has 6 heteroatoms. The summed E-state index contributed by atoms with van der Waals surface area (Å²) in [6.07, 6.45) is 2.36. The van der Waals surface area contributed by atoms with Crippen molar-refractivity contribution in [3.8, 4) is 0 Å². The Bertz CT molecular complexity index is 925. The van der Waals surface area contributed by atoms with Gasteiger partial charge in [-0.25, -0.2) is 0 Å². The van der Waals surface area contributed by atoms with Crippen molar-refractivity contribution in [3.63, 3.8) is 0 Å². The van der Waals surface area contributed by atoms with E-state index < -0.39 is 0 Å². The monoisotopic (exact) mass is 326 g/mol. The molecule has 0 aliphatic rings. The van der Waals surface area contributed by atoms with Gasteiger partial charge in [0.1, 0.15) is 0 Å². The van der Waals surface area contributed by atoms with Crippen molar-refractivity contribution in [2.24, 2.45) is 0 Å². The van der Waals surface area contributed by atoms with Crippen LogP contribution >= 0.6 is 11.3 Å². The second-order valence-corrected chi connectivity index (χ2v) is 6.05. The highest BCUT2D eigenvalue weighted by molar-refractivity contribution is 7.17. The highest BCUT2D eigenvalue weighted by atomic mass is 32.1. The SMILES string of the molecule is CN(C=O)c1ccc(C(=O)Cn2ccc(=O)c3sccc32)cc1. The minimum absolute atomic E-state index is 0.0278. The van der Waals surface area contributed by atoms with Crippen LogP contribution in [0, 0.1) is 0 Å². The second-order valence-electron chi connectivity index (χ2n) is 5.13. The Balaban J connectivity index is 1.86. The first-order chi connectivity index (χ1) is 11.1. The Labute approximate surface area is 136 Å². The van der Waals surface area contributed by atoms with Gasteiger partial charge in [0.05, 0.1) is 16.8 Å². The fourth-order valence-corrected chi connectivity index (χ4v) is 3.18. The van der Waals surface area contributed by atoms with E-state index in [4.69, 9.17) is 0 Å². The number of rotatable bonds is 5. The summed E-state index contributed by atoms with van der Waals surface area (Å²) in [6, 6.07) is 10.2. The maximum absolute atomic E-state index is 12.4. The van der Waals surface area contributed by atoms with Crippen LogP contribution in [0.1, 0.15) is 10.4 Å². The molecule has 0 atom stereocenters. The van der Waals surface area contributed by atoms with E-state index in [9.17, 15) is 14.4 Å². The van der Waals surface area contributed by atoms with Crippen molar-refractivity contribution in [2.75, 3.05) is 11.9 Å². The number of benzene rings is 1. The number of pyridine rings is 1. The fraction of sp³-hybridized carbons (Fsp3) is 0.118. The molecule has 2 heterocycles. The van der Waals surface area contributed by atoms with E-state index in [1.807, 2.05) is 11.4 Å². The Kier molecular flexibility index (Phi) is 4.08. The van der Waals surface area contributed by atoms with Gasteiger partial charge in [0.15, 0.2) is 11.2 Å². The van der Waals surface area contributed by atoms with E-state index >= 15 is 0 Å². The van der Waals surface area contributed by atoms with Crippen LogP contribution in [-0.2, 0) is 11.3 Å². The van der Waals surface area contributed by atoms with Crippen LogP contribution in [0.5, 0.6) is 0 Å². The van der Waals surface area contributed by atoms with Gasteiger partial charge in [0.25, 0.3) is 0 Å². The number of amides is 1. The fourth-order valence-electron chi connectivity index (χ4n) is 2.35. The number of ketones is 1. The number of thiophene rings is 1. The molecule has 0 aliphatic carbocycles. The lowest BCUT2D eigenvalue weighted by atomic mass is 10.1. The van der Waals surface area contributed by atoms with Crippen LogP contribution in [0.4, 0.5) is 5.69 Å². The van der Waals surface area contributed by atoms with Crippen molar-refractivity contribution in [1.82, 2.24) is 4.57 Å². The number of hydrogen-bond donors (Lipinski definition) is 0. The predicted octanol–water partition coefficient (Wildman–Crippen LogP) is 2.54. The zero-order chi connectivity index (χ0) is 16.4. The molecule has 116 valence electrons. The first-order valence-corrected chi connectivity index (χ1v) is 7.86. The molecule has 0 bridgehead atoms. The molecule has 0 radical (unpaired) electrons. The molecule has 0 saturated heterocycles. The van der Waals surface area contributed by atoms with Gasteiger partial charge in [-0.3, -0.25) is 14.4 Å². The number of anilines is 1. The van der Waals surface area contributed by atoms with Crippen molar-refractivity contribution in [1.29, 1.82) is 0 Å². The molecule has 3 aromatic rings. The normalized spacial score (nSPS) is 10.7. The van der Waals surface area contributed by atoms with Gasteiger partial charge in [0.2, 0.25) is 6.41 Å². The summed E-state index contributed by atoms with van der Waals surface area (Å²) in [6.45, 7) is 0.163. The van der Waals surface area contributed by atoms with E-state index in [2.05, 4.69) is 0 Å². The smallest absolute Gasteiger partial charge is 0.213 e. The second kappa shape index (κ2) is 6.18. The Morgan fingerprint density at radius 2 is 1.96 bits per heavy atom. The zero-order valence-electron chi connectivity index (χ0n) is 12.4. The lowest BCUT2D eigenvalue weighted by Gasteiger charge is -2.11. The molecule has 0 saturated carbocycles. The highest BCUT2D eigenvalue weighted by Gasteiger charge is 2.10. The lowest BCUT2D eigenvalue weighted by molar-refractivity contribution is -0.107. The molecule has 0 spiro atoms. The van der Waals surface area contributed by atoms with E-state index in [1.54, 1.807) is 42.1 Å². The van der Waals surface area contributed by atoms with Crippen LogP contribution in [0.15, 0.2) is 52.8 Å². The molecule has 3 rings (SSSR count). The third-order valence-electron chi connectivity index (χ3n) is 3.65. The topological polar surface area (TPSA) is 59.4 Å². The summed E-state index contributed by atoms with van der Waals surface area (Å²) >= 11 is 1.38. The average molecular weight is 326 g/mol. The number of nitrogens with zero attached hydrogens (tertiary/aromatic N) is 2. The zero-order valence-corrected chi connectivity index (χ0v) is 13.2. The van der Waals surface area contributed by atoms with Crippen molar-refractivity contribution in [2.45, 2.75) is 6.54 Å². The van der Waals surface area contributed by atoms with Gasteiger partial charge in [-0.15, -0.1) is 11.3 Å². The van der Waals surface area contributed by atoms with Crippen LogP contribution in [0.2, 0.25) is 0 Å². The van der Waals surface area contributed by atoms with Gasteiger partial charge >= 0.3 is 0 Å². The van der Waals surface area contributed by atoms with E-state index in [-0.39, 0.29) is 17.8 Å². The molecule has 2 aromatic heterocycles. The van der Waals surface area contributed by atoms with Gasteiger partial charge in [-0.1, -0.05) is 0 Å². The van der Waals surface area contributed by atoms with E-state index in [0.29, 0.717) is 16.7 Å². The van der Waals surface area contributed by atoms with Crippen LogP contribution < -0.4 is 10.3 Å². The van der Waals surface area contributed by atoms with E-state index in [0.717, 1.165) is 11.2 Å². The predicted molar refractivity (Wildman–Crippen MR) is 91.3 cm³/mol. The molecule has 0 aliphatic heterocycles. The summed E-state index contributed by atoms with van der Waals surface area (Å²) < 4.78 is 2.43. The summed E-state index contributed by atoms with van der Waals surface area (Å²) in [5.41, 5.74) is 2.03. The van der Waals surface area contributed by atoms with Crippen LogP contribution in [0.3, 0.4) is 0 Å². The van der Waals surface area contributed by atoms with Crippen molar-refractivity contribution >= 4 is 39.4 Å². The Hall–Kier alpha value is -2.73. The summed E-state index contributed by atoms with van der Waals surface area (Å²) in [5.74, 6) is -0.0542. The van der Waals surface area contributed by atoms with Crippen molar-refractivity contribution < 1.29 is 9.59 Å². The molecule has 5 nitrogen and oxygen atoms in total. The molecule has 0 fully saturated rings. The number of Topliss-reactive ketones (excluding diaryl/α,β-unsaturated/α-hetero) is 1. The summed E-state index contributed by atoms with van der Waals surface area (Å²) in [5, 5.41) is 1.84. The number of fused-ring (bicyclic) bond motifs is 1. The van der Waals surface area contributed by atoms with Gasteiger partial charge in [-0.2, -0.15) is 0 Å². The molecule has 0 unspecified atom stereocenters. The average Bonchev–Trinajstić information content (AvgIpc) is 3.07. The largest absolute Gasteiger partial charge is 0.339 e. The quantitative estimate of drug-likeness (QED) is 0.535. The minimum Gasteiger partial charge on any atom is -0.339 e. The first-order valence-electron chi connectivity index (χ1n) is 6.98. The molecular formula is C17H14N2O3S. The number of hydrogen-bond acceptors (Lipinski definition) is 4. The molecule has 1 aromatic carbocycles. The summed E-state index contributed by atoms with van der Waals surface area (Å²) in [7, 11) is 1.65. The third kappa shape index (κ3) is 2.93. The number of aromatic nitrogens is 1. The first kappa shape index (κ1) is 15.2. The van der Waals surface area contributed by atoms with Crippen LogP contribution in [-0.4, -0.2) is 23.8 Å². The Morgan fingerprint density at radius 1 is 1.22 bits per heavy atom. The molecule has 1 amide bonds. The van der Waals surface area contributed by atoms with Gasteiger partial charge in [-0.05, 0) is 35.7 Å². The molecule has 23 heavy (non-hydrogen) atoms. The summed E-state index contributed by atoms with van der Waals surface area (Å²) in [4.78, 5) is 36.4. The van der Waals surface area contributed by atoms with Gasteiger partial charge in [0, 0.05) is 30.6 Å². The standard InChI is InChI=1S/C17H14N2O3S/c1-18(11-20)13-4-2-12(3-5-13)16(22)10-19-8-6-15(21)17-14(19)7-9-23-17/h2-9,11H,10H2,1H3. The highest BCUT2D eigenvalue weighted by Crippen LogP contribution is 2.18. The van der Waals surface area contributed by atoms with Gasteiger partial charge < -0.3 is 9.47 Å².